The molecule has 3 aromatic rings. The second-order valence-electron chi connectivity index (χ2n) is 5.18. The van der Waals surface area contributed by atoms with Crippen molar-refractivity contribution >= 4 is 32.7 Å². The molecular weight excluding hydrogens is 330 g/mol. The van der Waals surface area contributed by atoms with Gasteiger partial charge >= 0.3 is 5.69 Å². The molecule has 2 aromatic carbocycles. The van der Waals surface area contributed by atoms with Crippen LogP contribution in [-0.4, -0.2) is 9.97 Å². The van der Waals surface area contributed by atoms with Crippen LogP contribution in [0.25, 0.3) is 11.0 Å². The summed E-state index contributed by atoms with van der Waals surface area (Å²) in [6, 6.07) is 10.1. The van der Waals surface area contributed by atoms with E-state index in [-0.39, 0.29) is 5.69 Å². The summed E-state index contributed by atoms with van der Waals surface area (Å²) in [5, 5.41) is 3.43. The van der Waals surface area contributed by atoms with Gasteiger partial charge in [0, 0.05) is 11.0 Å². The van der Waals surface area contributed by atoms with Crippen molar-refractivity contribution in [3.8, 4) is 0 Å². The highest BCUT2D eigenvalue weighted by Crippen LogP contribution is 2.27. The normalized spacial score (nSPS) is 11.0. The molecule has 0 saturated heterocycles. The molecule has 4 nitrogen and oxygen atoms in total. The van der Waals surface area contributed by atoms with Crippen molar-refractivity contribution in [1.82, 2.24) is 9.97 Å². The molecule has 0 saturated carbocycles. The SMILES string of the molecule is Cc1cccc(C)c1CNc1cc2[nH]c(=O)[nH]c2cc1Br. The zero-order valence-corrected chi connectivity index (χ0v) is 13.5. The molecule has 0 aliphatic heterocycles. The fraction of sp³-hybridized carbons (Fsp3) is 0.188. The van der Waals surface area contributed by atoms with E-state index in [9.17, 15) is 4.79 Å². The Labute approximate surface area is 130 Å². The molecule has 0 radical (unpaired) electrons. The summed E-state index contributed by atoms with van der Waals surface area (Å²) in [6.45, 7) is 4.98. The van der Waals surface area contributed by atoms with Gasteiger partial charge in [-0.2, -0.15) is 0 Å². The summed E-state index contributed by atoms with van der Waals surface area (Å²) >= 11 is 3.54. The lowest BCUT2D eigenvalue weighted by Gasteiger charge is -2.13. The molecule has 3 rings (SSSR count). The minimum atomic E-state index is -0.191. The van der Waals surface area contributed by atoms with Crippen molar-refractivity contribution in [1.29, 1.82) is 0 Å². The molecule has 0 atom stereocenters. The van der Waals surface area contributed by atoms with Crippen molar-refractivity contribution in [3.05, 3.63) is 62.0 Å². The van der Waals surface area contributed by atoms with Gasteiger partial charge in [-0.1, -0.05) is 18.2 Å². The number of benzene rings is 2. The minimum absolute atomic E-state index is 0.191. The molecule has 0 unspecified atom stereocenters. The highest BCUT2D eigenvalue weighted by Gasteiger charge is 2.07. The number of anilines is 1. The predicted molar refractivity (Wildman–Crippen MR) is 89.9 cm³/mol. The van der Waals surface area contributed by atoms with Gasteiger partial charge in [-0.25, -0.2) is 4.79 Å². The van der Waals surface area contributed by atoms with Crippen LogP contribution in [0.4, 0.5) is 5.69 Å². The molecule has 3 N–H and O–H groups in total. The van der Waals surface area contributed by atoms with E-state index in [1.807, 2.05) is 12.1 Å². The van der Waals surface area contributed by atoms with Crippen molar-refractivity contribution in [3.63, 3.8) is 0 Å². The maximum atomic E-state index is 11.3. The van der Waals surface area contributed by atoms with Gasteiger partial charge in [-0.05, 0) is 58.6 Å². The fourth-order valence-electron chi connectivity index (χ4n) is 2.50. The molecule has 0 fully saturated rings. The maximum absolute atomic E-state index is 11.3. The van der Waals surface area contributed by atoms with Gasteiger partial charge in [0.2, 0.25) is 0 Å². The van der Waals surface area contributed by atoms with Crippen LogP contribution in [0.3, 0.4) is 0 Å². The van der Waals surface area contributed by atoms with E-state index >= 15 is 0 Å². The Bertz CT molecular complexity index is 843. The predicted octanol–water partition coefficient (Wildman–Crippen LogP) is 3.85. The zero-order chi connectivity index (χ0) is 15.0. The van der Waals surface area contributed by atoms with Crippen LogP contribution < -0.4 is 11.0 Å². The van der Waals surface area contributed by atoms with Crippen LogP contribution in [0.1, 0.15) is 16.7 Å². The second kappa shape index (κ2) is 5.41. The Kier molecular flexibility index (Phi) is 3.59. The van der Waals surface area contributed by atoms with Gasteiger partial charge in [0.1, 0.15) is 0 Å². The lowest BCUT2D eigenvalue weighted by atomic mass is 10.0. The summed E-state index contributed by atoms with van der Waals surface area (Å²) in [5.74, 6) is 0. The third-order valence-corrected chi connectivity index (χ3v) is 4.36. The summed E-state index contributed by atoms with van der Waals surface area (Å²) in [5.41, 5.74) is 6.21. The Morgan fingerprint density at radius 1 is 1.10 bits per heavy atom. The van der Waals surface area contributed by atoms with Crippen LogP contribution in [0.2, 0.25) is 0 Å². The molecule has 0 aliphatic rings. The first-order valence-electron chi connectivity index (χ1n) is 6.75. The highest BCUT2D eigenvalue weighted by atomic mass is 79.9. The number of aromatic nitrogens is 2. The molecule has 0 aliphatic carbocycles. The number of hydrogen-bond acceptors (Lipinski definition) is 2. The molecule has 21 heavy (non-hydrogen) atoms. The first-order chi connectivity index (χ1) is 10.0. The van der Waals surface area contributed by atoms with Crippen molar-refractivity contribution < 1.29 is 0 Å². The van der Waals surface area contributed by atoms with E-state index in [0.717, 1.165) is 27.7 Å². The third-order valence-electron chi connectivity index (χ3n) is 3.70. The van der Waals surface area contributed by atoms with Gasteiger partial charge in [-0.3, -0.25) is 0 Å². The lowest BCUT2D eigenvalue weighted by molar-refractivity contribution is 1.09. The molecule has 1 aromatic heterocycles. The molecule has 5 heteroatoms. The number of imidazole rings is 1. The van der Waals surface area contributed by atoms with Gasteiger partial charge in [-0.15, -0.1) is 0 Å². The van der Waals surface area contributed by atoms with Gasteiger partial charge < -0.3 is 15.3 Å². The molecule has 0 spiro atoms. The van der Waals surface area contributed by atoms with Crippen molar-refractivity contribution in [2.24, 2.45) is 0 Å². The summed E-state index contributed by atoms with van der Waals surface area (Å²) in [7, 11) is 0. The van der Waals surface area contributed by atoms with E-state index in [1.165, 1.54) is 16.7 Å². The average molecular weight is 346 g/mol. The largest absolute Gasteiger partial charge is 0.380 e. The fourth-order valence-corrected chi connectivity index (χ4v) is 2.99. The van der Waals surface area contributed by atoms with Crippen LogP contribution in [0, 0.1) is 13.8 Å². The molecule has 108 valence electrons. The van der Waals surface area contributed by atoms with E-state index in [4.69, 9.17) is 0 Å². The number of aromatic amines is 2. The quantitative estimate of drug-likeness (QED) is 0.675. The Morgan fingerprint density at radius 3 is 2.38 bits per heavy atom. The topological polar surface area (TPSA) is 60.7 Å². The van der Waals surface area contributed by atoms with Crippen LogP contribution in [-0.2, 0) is 6.54 Å². The molecule has 1 heterocycles. The average Bonchev–Trinajstić information content (AvgIpc) is 2.77. The van der Waals surface area contributed by atoms with E-state index < -0.39 is 0 Å². The number of halogens is 1. The van der Waals surface area contributed by atoms with Crippen LogP contribution >= 0.6 is 15.9 Å². The Balaban J connectivity index is 1.91. The first kappa shape index (κ1) is 13.9. The van der Waals surface area contributed by atoms with Crippen LogP contribution in [0.15, 0.2) is 39.6 Å². The number of H-pyrrole nitrogens is 2. The third kappa shape index (κ3) is 2.74. The zero-order valence-electron chi connectivity index (χ0n) is 11.9. The van der Waals surface area contributed by atoms with E-state index in [0.29, 0.717) is 0 Å². The van der Waals surface area contributed by atoms with Crippen molar-refractivity contribution in [2.75, 3.05) is 5.32 Å². The molecule has 0 amide bonds. The summed E-state index contributed by atoms with van der Waals surface area (Å²) in [6.07, 6.45) is 0. The van der Waals surface area contributed by atoms with Gasteiger partial charge in [0.05, 0.1) is 16.7 Å². The number of aryl methyl sites for hydroxylation is 2. The number of rotatable bonds is 3. The smallest absolute Gasteiger partial charge is 0.323 e. The first-order valence-corrected chi connectivity index (χ1v) is 7.54. The minimum Gasteiger partial charge on any atom is -0.380 e. The second-order valence-corrected chi connectivity index (χ2v) is 6.04. The number of fused-ring (bicyclic) bond motifs is 1. The van der Waals surface area contributed by atoms with E-state index in [1.54, 1.807) is 0 Å². The highest BCUT2D eigenvalue weighted by molar-refractivity contribution is 9.10. The van der Waals surface area contributed by atoms with Gasteiger partial charge in [0.25, 0.3) is 0 Å². The summed E-state index contributed by atoms with van der Waals surface area (Å²) < 4.78 is 0.927. The lowest BCUT2D eigenvalue weighted by Crippen LogP contribution is -2.04. The molecular formula is C16H16BrN3O. The summed E-state index contributed by atoms with van der Waals surface area (Å²) in [4.78, 5) is 16.9. The van der Waals surface area contributed by atoms with E-state index in [2.05, 4.69) is 63.3 Å². The standard InChI is InChI=1S/C16H16BrN3O/c1-9-4-3-5-10(2)11(9)8-18-13-7-15-14(6-12(13)17)19-16(21)20-15/h3-7,18H,8H2,1-2H3,(H2,19,20,21). The number of hydrogen-bond donors (Lipinski definition) is 3. The monoisotopic (exact) mass is 345 g/mol. The van der Waals surface area contributed by atoms with Gasteiger partial charge in [0.15, 0.2) is 0 Å². The van der Waals surface area contributed by atoms with Crippen LogP contribution in [0.5, 0.6) is 0 Å². The van der Waals surface area contributed by atoms with Crippen molar-refractivity contribution in [2.45, 2.75) is 20.4 Å². The molecule has 0 bridgehead atoms. The Hall–Kier alpha value is -2.01. The maximum Gasteiger partial charge on any atom is 0.323 e. The Morgan fingerprint density at radius 2 is 1.71 bits per heavy atom. The number of nitrogens with one attached hydrogen (secondary N) is 3.